The van der Waals surface area contributed by atoms with Crippen LogP contribution in [-0.2, 0) is 6.42 Å². The molecule has 2 amide bonds. The Kier molecular flexibility index (Phi) is 4.69. The number of aryl methyl sites for hydroxylation is 1. The summed E-state index contributed by atoms with van der Waals surface area (Å²) in [5.41, 5.74) is 3.55. The molecule has 2 heterocycles. The second-order valence-corrected chi connectivity index (χ2v) is 6.84. The molecule has 0 saturated carbocycles. The van der Waals surface area contributed by atoms with Crippen molar-refractivity contribution in [3.05, 3.63) is 54.1 Å². The maximum Gasteiger partial charge on any atom is 0.324 e. The van der Waals surface area contributed by atoms with Gasteiger partial charge in [-0.05, 0) is 48.7 Å². The van der Waals surface area contributed by atoms with Crippen LogP contribution in [0.4, 0.5) is 16.2 Å². The van der Waals surface area contributed by atoms with E-state index in [1.807, 2.05) is 28.0 Å². The first kappa shape index (κ1) is 16.8. The molecule has 136 valence electrons. The van der Waals surface area contributed by atoms with Gasteiger partial charge < -0.3 is 14.5 Å². The molecule has 0 radical (unpaired) electrons. The van der Waals surface area contributed by atoms with Gasteiger partial charge in [0.2, 0.25) is 0 Å². The molecule has 4 rings (SSSR count). The van der Waals surface area contributed by atoms with Crippen LogP contribution in [0.5, 0.6) is 5.75 Å². The maximum absolute atomic E-state index is 13.1. The number of fused-ring (bicyclic) bond motifs is 1. The Morgan fingerprint density at radius 2 is 1.65 bits per heavy atom. The summed E-state index contributed by atoms with van der Waals surface area (Å²) in [7, 11) is 1.68. The predicted octanol–water partition coefficient (Wildman–Crippen LogP) is 3.39. The summed E-state index contributed by atoms with van der Waals surface area (Å²) < 4.78 is 5.22. The van der Waals surface area contributed by atoms with Crippen molar-refractivity contribution < 1.29 is 9.53 Å². The van der Waals surface area contributed by atoms with Gasteiger partial charge in [-0.25, -0.2) is 4.79 Å². The highest BCUT2D eigenvalue weighted by Crippen LogP contribution is 2.28. The fourth-order valence-corrected chi connectivity index (χ4v) is 3.85. The van der Waals surface area contributed by atoms with Crippen molar-refractivity contribution >= 4 is 17.4 Å². The van der Waals surface area contributed by atoms with E-state index in [-0.39, 0.29) is 6.03 Å². The van der Waals surface area contributed by atoms with Crippen LogP contribution < -0.4 is 14.5 Å². The number of carbonyl (C=O) groups excluding carboxylic acids is 1. The number of carbonyl (C=O) groups is 1. The lowest BCUT2D eigenvalue weighted by Gasteiger charge is -2.39. The average molecular weight is 351 g/mol. The zero-order valence-electron chi connectivity index (χ0n) is 15.2. The second-order valence-electron chi connectivity index (χ2n) is 6.84. The fourth-order valence-electron chi connectivity index (χ4n) is 3.85. The van der Waals surface area contributed by atoms with Gasteiger partial charge in [0, 0.05) is 44.1 Å². The zero-order chi connectivity index (χ0) is 17.9. The molecule has 0 aliphatic carbocycles. The van der Waals surface area contributed by atoms with Crippen LogP contribution in [0.3, 0.4) is 0 Å². The van der Waals surface area contributed by atoms with E-state index in [9.17, 15) is 4.79 Å². The third kappa shape index (κ3) is 3.21. The van der Waals surface area contributed by atoms with Crippen molar-refractivity contribution in [3.63, 3.8) is 0 Å². The first-order chi connectivity index (χ1) is 12.8. The number of anilines is 2. The number of hydrogen-bond acceptors (Lipinski definition) is 3. The largest absolute Gasteiger partial charge is 0.497 e. The van der Waals surface area contributed by atoms with Gasteiger partial charge in [0.15, 0.2) is 0 Å². The SMILES string of the molecule is COc1ccc(N2CCN(C(=O)N3CCCc4ccccc43)CC2)cc1. The number of methoxy groups -OCH3 is 1. The van der Waals surface area contributed by atoms with Crippen LogP contribution in [-0.4, -0.2) is 50.8 Å². The Labute approximate surface area is 154 Å². The third-order valence-corrected chi connectivity index (χ3v) is 5.33. The highest BCUT2D eigenvalue weighted by Gasteiger charge is 2.28. The number of ether oxygens (including phenoxy) is 1. The van der Waals surface area contributed by atoms with Crippen molar-refractivity contribution in [1.82, 2.24) is 4.90 Å². The van der Waals surface area contributed by atoms with Crippen molar-refractivity contribution in [2.45, 2.75) is 12.8 Å². The average Bonchev–Trinajstić information content (AvgIpc) is 2.73. The highest BCUT2D eigenvalue weighted by molar-refractivity contribution is 5.93. The van der Waals surface area contributed by atoms with E-state index in [2.05, 4.69) is 35.2 Å². The Morgan fingerprint density at radius 3 is 2.38 bits per heavy atom. The molecule has 2 aliphatic rings. The van der Waals surface area contributed by atoms with Gasteiger partial charge >= 0.3 is 6.03 Å². The fraction of sp³-hybridized carbons (Fsp3) is 0.381. The predicted molar refractivity (Wildman–Crippen MR) is 104 cm³/mol. The van der Waals surface area contributed by atoms with E-state index < -0.39 is 0 Å². The van der Waals surface area contributed by atoms with Crippen LogP contribution in [0.1, 0.15) is 12.0 Å². The third-order valence-electron chi connectivity index (χ3n) is 5.33. The lowest BCUT2D eigenvalue weighted by atomic mass is 10.0. The minimum atomic E-state index is 0.145. The monoisotopic (exact) mass is 351 g/mol. The molecule has 0 atom stereocenters. The Hall–Kier alpha value is -2.69. The van der Waals surface area contributed by atoms with Gasteiger partial charge in [-0.3, -0.25) is 4.90 Å². The lowest BCUT2D eigenvalue weighted by Crippen LogP contribution is -2.53. The van der Waals surface area contributed by atoms with Crippen LogP contribution >= 0.6 is 0 Å². The lowest BCUT2D eigenvalue weighted by molar-refractivity contribution is 0.200. The standard InChI is InChI=1S/C21H25N3O2/c1-26-19-10-8-18(9-11-19)22-13-15-23(16-14-22)21(25)24-12-4-6-17-5-2-3-7-20(17)24/h2-3,5,7-11H,4,6,12-16H2,1H3. The molecule has 0 bridgehead atoms. The first-order valence-corrected chi connectivity index (χ1v) is 9.29. The van der Waals surface area contributed by atoms with E-state index in [0.29, 0.717) is 0 Å². The number of urea groups is 1. The van der Waals surface area contributed by atoms with Crippen molar-refractivity contribution in [2.75, 3.05) is 49.6 Å². The number of para-hydroxylation sites is 1. The van der Waals surface area contributed by atoms with Crippen LogP contribution in [0.15, 0.2) is 48.5 Å². The molecule has 5 heteroatoms. The number of hydrogen-bond donors (Lipinski definition) is 0. The molecule has 5 nitrogen and oxygen atoms in total. The summed E-state index contributed by atoms with van der Waals surface area (Å²) in [5, 5.41) is 0. The molecule has 0 unspecified atom stereocenters. The van der Waals surface area contributed by atoms with Crippen molar-refractivity contribution in [3.8, 4) is 5.75 Å². The highest BCUT2D eigenvalue weighted by atomic mass is 16.5. The molecular weight excluding hydrogens is 326 g/mol. The van der Waals surface area contributed by atoms with Gasteiger partial charge in [0.25, 0.3) is 0 Å². The summed E-state index contributed by atoms with van der Waals surface area (Å²) >= 11 is 0. The van der Waals surface area contributed by atoms with Gasteiger partial charge in [0.1, 0.15) is 5.75 Å². The van der Waals surface area contributed by atoms with Gasteiger partial charge in [-0.15, -0.1) is 0 Å². The molecule has 1 fully saturated rings. The molecule has 2 aliphatic heterocycles. The number of rotatable bonds is 2. The Morgan fingerprint density at radius 1 is 0.923 bits per heavy atom. The molecule has 0 aromatic heterocycles. The Bertz CT molecular complexity index is 767. The maximum atomic E-state index is 13.1. The van der Waals surface area contributed by atoms with E-state index in [1.165, 1.54) is 11.3 Å². The van der Waals surface area contributed by atoms with Crippen LogP contribution in [0.2, 0.25) is 0 Å². The van der Waals surface area contributed by atoms with Gasteiger partial charge in [-0.1, -0.05) is 18.2 Å². The minimum absolute atomic E-state index is 0.145. The second kappa shape index (κ2) is 7.28. The van der Waals surface area contributed by atoms with Gasteiger partial charge in [-0.2, -0.15) is 0 Å². The number of benzene rings is 2. The summed E-state index contributed by atoms with van der Waals surface area (Å²) in [5.74, 6) is 0.867. The zero-order valence-corrected chi connectivity index (χ0v) is 15.2. The van der Waals surface area contributed by atoms with E-state index in [0.717, 1.165) is 57.0 Å². The number of amides is 2. The molecular formula is C21H25N3O2. The summed E-state index contributed by atoms with van der Waals surface area (Å²) in [6.45, 7) is 4.03. The first-order valence-electron chi connectivity index (χ1n) is 9.29. The van der Waals surface area contributed by atoms with E-state index in [4.69, 9.17) is 4.74 Å². The molecule has 0 N–H and O–H groups in total. The smallest absolute Gasteiger partial charge is 0.324 e. The topological polar surface area (TPSA) is 36.0 Å². The van der Waals surface area contributed by atoms with E-state index in [1.54, 1.807) is 7.11 Å². The van der Waals surface area contributed by atoms with Gasteiger partial charge in [0.05, 0.1) is 7.11 Å². The Balaban J connectivity index is 1.41. The molecule has 1 saturated heterocycles. The normalized spacial score (nSPS) is 17.0. The summed E-state index contributed by atoms with van der Waals surface area (Å²) in [4.78, 5) is 19.3. The molecule has 0 spiro atoms. The minimum Gasteiger partial charge on any atom is -0.497 e. The van der Waals surface area contributed by atoms with Crippen LogP contribution in [0, 0.1) is 0 Å². The molecule has 2 aromatic rings. The quantitative estimate of drug-likeness (QED) is 0.832. The van der Waals surface area contributed by atoms with Crippen LogP contribution in [0.25, 0.3) is 0 Å². The summed E-state index contributed by atoms with van der Waals surface area (Å²) in [6, 6.07) is 16.6. The number of piperazine rings is 1. The van der Waals surface area contributed by atoms with Crippen molar-refractivity contribution in [2.24, 2.45) is 0 Å². The number of nitrogens with zero attached hydrogens (tertiary/aromatic N) is 3. The van der Waals surface area contributed by atoms with Crippen molar-refractivity contribution in [1.29, 1.82) is 0 Å². The van der Waals surface area contributed by atoms with E-state index >= 15 is 0 Å². The molecule has 26 heavy (non-hydrogen) atoms. The summed E-state index contributed by atoms with van der Waals surface area (Å²) in [6.07, 6.45) is 2.10. The molecule has 2 aromatic carbocycles.